The van der Waals surface area contributed by atoms with Crippen LogP contribution in [-0.4, -0.2) is 9.97 Å². The maximum atomic E-state index is 6.08. The minimum absolute atomic E-state index is 0.510. The van der Waals surface area contributed by atoms with Crippen LogP contribution in [0.5, 0.6) is 0 Å². The molecular weight excluding hydrogens is 274 g/mol. The predicted molar refractivity (Wildman–Crippen MR) is 90.6 cm³/mol. The molecule has 3 aromatic rings. The number of hydrogen-bond acceptors (Lipinski definition) is 5. The molecule has 0 unspecified atom stereocenters. The Morgan fingerprint density at radius 1 is 0.773 bits per heavy atom. The van der Waals surface area contributed by atoms with E-state index in [1.54, 1.807) is 0 Å². The van der Waals surface area contributed by atoms with Gasteiger partial charge in [0.05, 0.1) is 11.4 Å². The molecule has 0 aliphatic heterocycles. The Morgan fingerprint density at radius 3 is 1.91 bits per heavy atom. The molecular formula is C17H17N5. The van der Waals surface area contributed by atoms with Crippen LogP contribution < -0.4 is 16.4 Å². The standard InChI is InChI=1S/C17H17N5/c1-12-15(18)16(20-13-8-4-2-5-9-13)22-17(19-12)21-14-10-6-3-7-11-14/h2-11H,18H2,1H3,(H2,19,20,21,22). The zero-order valence-electron chi connectivity index (χ0n) is 12.2. The van der Waals surface area contributed by atoms with Gasteiger partial charge < -0.3 is 16.4 Å². The van der Waals surface area contributed by atoms with Gasteiger partial charge >= 0.3 is 0 Å². The largest absolute Gasteiger partial charge is 0.394 e. The number of benzene rings is 2. The van der Waals surface area contributed by atoms with Crippen molar-refractivity contribution in [3.05, 3.63) is 66.4 Å². The van der Waals surface area contributed by atoms with Crippen molar-refractivity contribution < 1.29 is 0 Å². The van der Waals surface area contributed by atoms with Gasteiger partial charge in [-0.2, -0.15) is 4.98 Å². The van der Waals surface area contributed by atoms with E-state index in [4.69, 9.17) is 5.73 Å². The van der Waals surface area contributed by atoms with Crippen molar-refractivity contribution in [3.8, 4) is 0 Å². The molecule has 0 aliphatic carbocycles. The molecule has 5 heteroatoms. The van der Waals surface area contributed by atoms with E-state index in [-0.39, 0.29) is 0 Å². The second kappa shape index (κ2) is 6.13. The van der Waals surface area contributed by atoms with Crippen LogP contribution in [0.15, 0.2) is 60.7 Å². The number of anilines is 5. The summed E-state index contributed by atoms with van der Waals surface area (Å²) in [6, 6.07) is 19.6. The number of rotatable bonds is 4. The number of para-hydroxylation sites is 2. The molecule has 110 valence electrons. The molecule has 0 radical (unpaired) electrons. The van der Waals surface area contributed by atoms with Gasteiger partial charge in [-0.15, -0.1) is 0 Å². The van der Waals surface area contributed by atoms with E-state index < -0.39 is 0 Å². The highest BCUT2D eigenvalue weighted by Gasteiger charge is 2.09. The molecule has 2 aromatic carbocycles. The van der Waals surface area contributed by atoms with Crippen molar-refractivity contribution >= 4 is 28.8 Å². The minimum atomic E-state index is 0.510. The first-order chi connectivity index (χ1) is 10.7. The van der Waals surface area contributed by atoms with E-state index in [1.165, 1.54) is 0 Å². The Hall–Kier alpha value is -3.08. The van der Waals surface area contributed by atoms with Gasteiger partial charge in [0.1, 0.15) is 0 Å². The topological polar surface area (TPSA) is 75.9 Å². The van der Waals surface area contributed by atoms with Crippen LogP contribution >= 0.6 is 0 Å². The maximum Gasteiger partial charge on any atom is 0.229 e. The Kier molecular flexibility index (Phi) is 3.87. The van der Waals surface area contributed by atoms with Crippen molar-refractivity contribution in [1.82, 2.24) is 9.97 Å². The van der Waals surface area contributed by atoms with Gasteiger partial charge in [-0.3, -0.25) is 0 Å². The number of aromatic nitrogens is 2. The molecule has 3 rings (SSSR count). The summed E-state index contributed by atoms with van der Waals surface area (Å²) in [5, 5.41) is 6.40. The monoisotopic (exact) mass is 291 g/mol. The van der Waals surface area contributed by atoms with E-state index in [0.29, 0.717) is 17.5 Å². The van der Waals surface area contributed by atoms with Gasteiger partial charge in [-0.25, -0.2) is 4.98 Å². The average molecular weight is 291 g/mol. The Labute approximate surface area is 129 Å². The lowest BCUT2D eigenvalue weighted by Gasteiger charge is -2.13. The number of nitrogens with one attached hydrogen (secondary N) is 2. The first-order valence-electron chi connectivity index (χ1n) is 7.00. The summed E-state index contributed by atoms with van der Waals surface area (Å²) in [5.74, 6) is 1.11. The highest BCUT2D eigenvalue weighted by molar-refractivity contribution is 5.72. The number of hydrogen-bond donors (Lipinski definition) is 3. The normalized spacial score (nSPS) is 10.2. The molecule has 1 aromatic heterocycles. The fourth-order valence-corrected chi connectivity index (χ4v) is 2.04. The van der Waals surface area contributed by atoms with Gasteiger partial charge in [-0.05, 0) is 31.2 Å². The molecule has 22 heavy (non-hydrogen) atoms. The summed E-state index contributed by atoms with van der Waals surface area (Å²) < 4.78 is 0. The first kappa shape index (κ1) is 13.9. The van der Waals surface area contributed by atoms with Crippen molar-refractivity contribution in [2.75, 3.05) is 16.4 Å². The van der Waals surface area contributed by atoms with Crippen LogP contribution in [0, 0.1) is 6.92 Å². The van der Waals surface area contributed by atoms with E-state index in [0.717, 1.165) is 17.1 Å². The fourth-order valence-electron chi connectivity index (χ4n) is 2.04. The molecule has 5 nitrogen and oxygen atoms in total. The Bertz CT molecular complexity index is 757. The third-order valence-corrected chi connectivity index (χ3v) is 3.20. The van der Waals surface area contributed by atoms with Gasteiger partial charge in [0.15, 0.2) is 5.82 Å². The maximum absolute atomic E-state index is 6.08. The molecule has 0 atom stereocenters. The van der Waals surface area contributed by atoms with E-state index in [1.807, 2.05) is 67.6 Å². The Balaban J connectivity index is 1.90. The van der Waals surface area contributed by atoms with Crippen molar-refractivity contribution in [3.63, 3.8) is 0 Å². The number of nitrogens with zero attached hydrogens (tertiary/aromatic N) is 2. The third-order valence-electron chi connectivity index (χ3n) is 3.20. The van der Waals surface area contributed by atoms with Crippen LogP contribution in [0.3, 0.4) is 0 Å². The fraction of sp³-hybridized carbons (Fsp3) is 0.0588. The summed E-state index contributed by atoms with van der Waals surface area (Å²) in [7, 11) is 0. The number of nitrogen functional groups attached to an aromatic ring is 1. The lowest BCUT2D eigenvalue weighted by atomic mass is 10.3. The highest BCUT2D eigenvalue weighted by atomic mass is 15.2. The molecule has 4 N–H and O–H groups in total. The highest BCUT2D eigenvalue weighted by Crippen LogP contribution is 2.25. The van der Waals surface area contributed by atoms with Crippen LogP contribution in [0.1, 0.15) is 5.69 Å². The van der Waals surface area contributed by atoms with Gasteiger partial charge in [0.2, 0.25) is 5.95 Å². The van der Waals surface area contributed by atoms with Gasteiger partial charge in [0.25, 0.3) is 0 Å². The quantitative estimate of drug-likeness (QED) is 0.680. The lowest BCUT2D eigenvalue weighted by Crippen LogP contribution is -2.07. The summed E-state index contributed by atoms with van der Waals surface area (Å²) in [5.41, 5.74) is 9.21. The van der Waals surface area contributed by atoms with Crippen molar-refractivity contribution in [1.29, 1.82) is 0 Å². The molecule has 1 heterocycles. The molecule has 0 amide bonds. The molecule has 0 spiro atoms. The molecule has 0 fully saturated rings. The molecule has 0 saturated heterocycles. The number of aryl methyl sites for hydroxylation is 1. The SMILES string of the molecule is Cc1nc(Nc2ccccc2)nc(Nc2ccccc2)c1N. The third kappa shape index (κ3) is 3.15. The first-order valence-corrected chi connectivity index (χ1v) is 7.00. The van der Waals surface area contributed by atoms with E-state index in [9.17, 15) is 0 Å². The summed E-state index contributed by atoms with van der Waals surface area (Å²) >= 11 is 0. The summed E-state index contributed by atoms with van der Waals surface area (Å²) in [4.78, 5) is 8.85. The Morgan fingerprint density at radius 2 is 1.32 bits per heavy atom. The predicted octanol–water partition coefficient (Wildman–Crippen LogP) is 3.85. The molecule has 0 bridgehead atoms. The van der Waals surface area contributed by atoms with Gasteiger partial charge in [-0.1, -0.05) is 36.4 Å². The van der Waals surface area contributed by atoms with Crippen LogP contribution in [-0.2, 0) is 0 Å². The molecule has 0 saturated carbocycles. The minimum Gasteiger partial charge on any atom is -0.394 e. The van der Waals surface area contributed by atoms with Crippen LogP contribution in [0.2, 0.25) is 0 Å². The van der Waals surface area contributed by atoms with E-state index >= 15 is 0 Å². The smallest absolute Gasteiger partial charge is 0.229 e. The van der Waals surface area contributed by atoms with Crippen LogP contribution in [0.25, 0.3) is 0 Å². The molecule has 0 aliphatic rings. The number of nitrogens with two attached hydrogens (primary N) is 1. The second-order valence-corrected chi connectivity index (χ2v) is 4.88. The summed E-state index contributed by atoms with van der Waals surface area (Å²) in [6.45, 7) is 1.86. The zero-order valence-corrected chi connectivity index (χ0v) is 12.2. The van der Waals surface area contributed by atoms with Gasteiger partial charge in [0, 0.05) is 11.4 Å². The second-order valence-electron chi connectivity index (χ2n) is 4.88. The van der Waals surface area contributed by atoms with Crippen molar-refractivity contribution in [2.24, 2.45) is 0 Å². The van der Waals surface area contributed by atoms with Crippen LogP contribution in [0.4, 0.5) is 28.8 Å². The van der Waals surface area contributed by atoms with Crippen molar-refractivity contribution in [2.45, 2.75) is 6.92 Å². The van der Waals surface area contributed by atoms with E-state index in [2.05, 4.69) is 20.6 Å². The summed E-state index contributed by atoms with van der Waals surface area (Å²) in [6.07, 6.45) is 0. The zero-order chi connectivity index (χ0) is 15.4. The lowest BCUT2D eigenvalue weighted by molar-refractivity contribution is 1.11. The average Bonchev–Trinajstić information content (AvgIpc) is 2.54.